The van der Waals surface area contributed by atoms with Crippen LogP contribution < -0.4 is 0 Å². The van der Waals surface area contributed by atoms with E-state index in [0.717, 1.165) is 12.0 Å². The lowest BCUT2D eigenvalue weighted by molar-refractivity contribution is 0.0695. The molecule has 1 heterocycles. The molecule has 0 amide bonds. The van der Waals surface area contributed by atoms with Gasteiger partial charge < -0.3 is 5.11 Å². The van der Waals surface area contributed by atoms with E-state index >= 15 is 0 Å². The van der Waals surface area contributed by atoms with E-state index in [1.165, 1.54) is 12.4 Å². The summed E-state index contributed by atoms with van der Waals surface area (Å²) in [5, 5.41) is 16.0. The molecule has 0 atom stereocenters. The molecular weight excluding hydrogens is 168 g/mol. The minimum Gasteiger partial charge on any atom is -0.478 e. The Morgan fingerprint density at radius 2 is 2.08 bits per heavy atom. The lowest BCUT2D eigenvalue weighted by Gasteiger charge is -2.06. The predicted octanol–water partition coefficient (Wildman–Crippen LogP) is 1.37. The Hall–Kier alpha value is -1.45. The van der Waals surface area contributed by atoms with Crippen LogP contribution >= 0.6 is 0 Å². The second kappa shape index (κ2) is 3.98. The summed E-state index contributed by atoms with van der Waals surface area (Å²) in [6.07, 6.45) is 3.53. The maximum absolute atomic E-state index is 10.7. The number of hydrogen-bond acceptors (Lipinski definition) is 3. The summed E-state index contributed by atoms with van der Waals surface area (Å²) in [5.41, 5.74) is 1.00. The van der Waals surface area contributed by atoms with Gasteiger partial charge >= 0.3 is 5.97 Å². The number of aromatic nitrogens is 2. The second-order valence-corrected chi connectivity index (χ2v) is 3.33. The summed E-state index contributed by atoms with van der Waals surface area (Å²) in [6, 6.07) is 0. The highest BCUT2D eigenvalue weighted by Crippen LogP contribution is 2.11. The van der Waals surface area contributed by atoms with Crippen LogP contribution in [0.3, 0.4) is 0 Å². The first kappa shape index (κ1) is 9.64. The van der Waals surface area contributed by atoms with E-state index < -0.39 is 5.97 Å². The zero-order valence-electron chi connectivity index (χ0n) is 7.69. The quantitative estimate of drug-likeness (QED) is 0.763. The zero-order valence-corrected chi connectivity index (χ0v) is 7.69. The largest absolute Gasteiger partial charge is 0.478 e. The van der Waals surface area contributed by atoms with Gasteiger partial charge in [-0.3, -0.25) is 0 Å². The van der Waals surface area contributed by atoms with Crippen molar-refractivity contribution in [1.29, 1.82) is 0 Å². The average molecular weight is 180 g/mol. The van der Waals surface area contributed by atoms with E-state index in [4.69, 9.17) is 5.11 Å². The predicted molar refractivity (Wildman–Crippen MR) is 47.5 cm³/mol. The van der Waals surface area contributed by atoms with Crippen molar-refractivity contribution in [2.75, 3.05) is 0 Å². The Kier molecular flexibility index (Phi) is 2.95. The van der Waals surface area contributed by atoms with E-state index in [-0.39, 0.29) is 5.56 Å². The third-order valence-electron chi connectivity index (χ3n) is 1.67. The lowest BCUT2D eigenvalue weighted by atomic mass is 10.0. The molecule has 0 aromatic carbocycles. The van der Waals surface area contributed by atoms with Crippen LogP contribution in [-0.2, 0) is 6.42 Å². The van der Waals surface area contributed by atoms with Crippen LogP contribution in [0, 0.1) is 5.92 Å². The molecule has 0 saturated heterocycles. The van der Waals surface area contributed by atoms with Crippen LogP contribution in [0.4, 0.5) is 0 Å². The standard InChI is InChI=1S/C9H12N2O2/c1-6(2)3-7-4-10-11-5-8(7)9(12)13/h4-6H,3H2,1-2H3,(H,12,13). The van der Waals surface area contributed by atoms with Crippen LogP contribution in [0.25, 0.3) is 0 Å². The van der Waals surface area contributed by atoms with Gasteiger partial charge in [0.05, 0.1) is 18.0 Å². The molecule has 1 rings (SSSR count). The fourth-order valence-electron chi connectivity index (χ4n) is 1.14. The first-order valence-corrected chi connectivity index (χ1v) is 4.14. The van der Waals surface area contributed by atoms with Gasteiger partial charge in [0.2, 0.25) is 0 Å². The summed E-state index contributed by atoms with van der Waals surface area (Å²) in [6.45, 7) is 4.07. The molecule has 0 aliphatic carbocycles. The Balaban J connectivity index is 2.98. The van der Waals surface area contributed by atoms with Gasteiger partial charge in [-0.15, -0.1) is 0 Å². The Bertz CT molecular complexity index is 310. The van der Waals surface area contributed by atoms with Gasteiger partial charge in [-0.2, -0.15) is 10.2 Å². The van der Waals surface area contributed by atoms with Gasteiger partial charge in [-0.1, -0.05) is 13.8 Å². The van der Waals surface area contributed by atoms with Crippen molar-refractivity contribution < 1.29 is 9.90 Å². The topological polar surface area (TPSA) is 63.1 Å². The van der Waals surface area contributed by atoms with E-state index in [2.05, 4.69) is 10.2 Å². The maximum Gasteiger partial charge on any atom is 0.337 e. The van der Waals surface area contributed by atoms with Crippen molar-refractivity contribution in [3.05, 3.63) is 23.5 Å². The monoisotopic (exact) mass is 180 g/mol. The van der Waals surface area contributed by atoms with Crippen molar-refractivity contribution in [2.24, 2.45) is 5.92 Å². The number of carbonyl (C=O) groups is 1. The van der Waals surface area contributed by atoms with Gasteiger partial charge in [-0.05, 0) is 17.9 Å². The molecular formula is C9H12N2O2. The second-order valence-electron chi connectivity index (χ2n) is 3.33. The molecule has 0 aliphatic rings. The van der Waals surface area contributed by atoms with Crippen LogP contribution in [0.15, 0.2) is 12.4 Å². The number of carboxylic acid groups (broad SMARTS) is 1. The van der Waals surface area contributed by atoms with E-state index in [9.17, 15) is 4.79 Å². The molecule has 1 aromatic rings. The summed E-state index contributed by atoms with van der Waals surface area (Å²) >= 11 is 0. The summed E-state index contributed by atoms with van der Waals surface area (Å²) in [5.74, 6) is -0.521. The smallest absolute Gasteiger partial charge is 0.337 e. The number of hydrogen-bond donors (Lipinski definition) is 1. The Labute approximate surface area is 76.6 Å². The molecule has 1 aromatic heterocycles. The molecule has 4 nitrogen and oxygen atoms in total. The molecule has 4 heteroatoms. The normalized spacial score (nSPS) is 10.4. The number of aromatic carboxylic acids is 1. The van der Waals surface area contributed by atoms with E-state index in [0.29, 0.717) is 5.92 Å². The zero-order chi connectivity index (χ0) is 9.84. The van der Waals surface area contributed by atoms with Gasteiger partial charge in [0.1, 0.15) is 0 Å². The van der Waals surface area contributed by atoms with Gasteiger partial charge in [-0.25, -0.2) is 4.79 Å². The first-order chi connectivity index (χ1) is 6.11. The average Bonchev–Trinajstić information content (AvgIpc) is 2.03. The molecule has 0 bridgehead atoms. The molecule has 0 spiro atoms. The van der Waals surface area contributed by atoms with Gasteiger partial charge in [0, 0.05) is 0 Å². The van der Waals surface area contributed by atoms with Crippen molar-refractivity contribution in [1.82, 2.24) is 10.2 Å². The van der Waals surface area contributed by atoms with Crippen LogP contribution in [-0.4, -0.2) is 21.3 Å². The van der Waals surface area contributed by atoms with Gasteiger partial charge in [0.25, 0.3) is 0 Å². The number of carboxylic acids is 1. The number of rotatable bonds is 3. The van der Waals surface area contributed by atoms with Crippen LogP contribution in [0.5, 0.6) is 0 Å². The summed E-state index contributed by atoms with van der Waals surface area (Å²) in [7, 11) is 0. The Morgan fingerprint density at radius 1 is 1.46 bits per heavy atom. The molecule has 0 radical (unpaired) electrons. The molecule has 0 saturated carbocycles. The molecule has 0 aliphatic heterocycles. The van der Waals surface area contributed by atoms with Crippen molar-refractivity contribution in [3.8, 4) is 0 Å². The fourth-order valence-corrected chi connectivity index (χ4v) is 1.14. The number of nitrogens with zero attached hydrogens (tertiary/aromatic N) is 2. The van der Waals surface area contributed by atoms with Crippen LogP contribution in [0.1, 0.15) is 29.8 Å². The first-order valence-electron chi connectivity index (χ1n) is 4.14. The molecule has 0 unspecified atom stereocenters. The molecule has 13 heavy (non-hydrogen) atoms. The maximum atomic E-state index is 10.7. The highest BCUT2D eigenvalue weighted by molar-refractivity contribution is 5.88. The highest BCUT2D eigenvalue weighted by atomic mass is 16.4. The SMILES string of the molecule is CC(C)Cc1cnncc1C(=O)O. The molecule has 70 valence electrons. The third kappa shape index (κ3) is 2.50. The third-order valence-corrected chi connectivity index (χ3v) is 1.67. The fraction of sp³-hybridized carbons (Fsp3) is 0.444. The highest BCUT2D eigenvalue weighted by Gasteiger charge is 2.11. The van der Waals surface area contributed by atoms with Crippen LogP contribution in [0.2, 0.25) is 0 Å². The summed E-state index contributed by atoms with van der Waals surface area (Å²) < 4.78 is 0. The Morgan fingerprint density at radius 3 is 2.62 bits per heavy atom. The lowest BCUT2D eigenvalue weighted by Crippen LogP contribution is -2.06. The van der Waals surface area contributed by atoms with Crippen molar-refractivity contribution >= 4 is 5.97 Å². The minimum absolute atomic E-state index is 0.253. The van der Waals surface area contributed by atoms with Crippen molar-refractivity contribution in [2.45, 2.75) is 20.3 Å². The minimum atomic E-state index is -0.939. The van der Waals surface area contributed by atoms with E-state index in [1.807, 2.05) is 13.8 Å². The van der Waals surface area contributed by atoms with Crippen molar-refractivity contribution in [3.63, 3.8) is 0 Å². The van der Waals surface area contributed by atoms with Gasteiger partial charge in [0.15, 0.2) is 0 Å². The summed E-state index contributed by atoms with van der Waals surface area (Å²) in [4.78, 5) is 10.7. The molecule has 0 fully saturated rings. The van der Waals surface area contributed by atoms with E-state index in [1.54, 1.807) is 0 Å². The molecule has 1 N–H and O–H groups in total.